The van der Waals surface area contributed by atoms with Crippen LogP contribution in [0.15, 0.2) is 24.3 Å². The molecular formula is C10H15NO2. The van der Waals surface area contributed by atoms with E-state index in [4.69, 9.17) is 5.21 Å². The van der Waals surface area contributed by atoms with E-state index in [-0.39, 0.29) is 11.8 Å². The summed E-state index contributed by atoms with van der Waals surface area (Å²) < 4.78 is 0. The lowest BCUT2D eigenvalue weighted by molar-refractivity contribution is -0.131. The highest BCUT2D eigenvalue weighted by Crippen LogP contribution is 2.11. The van der Waals surface area contributed by atoms with Crippen molar-refractivity contribution in [3.05, 3.63) is 24.3 Å². The van der Waals surface area contributed by atoms with Crippen molar-refractivity contribution in [2.75, 3.05) is 0 Å². The van der Waals surface area contributed by atoms with Gasteiger partial charge in [-0.25, -0.2) is 5.48 Å². The van der Waals surface area contributed by atoms with Gasteiger partial charge in [-0.2, -0.15) is 0 Å². The SMILES string of the molecule is O=C(NO)C1/C=C/CCC/C=C/C1. The van der Waals surface area contributed by atoms with Crippen molar-refractivity contribution in [2.24, 2.45) is 5.92 Å². The van der Waals surface area contributed by atoms with Crippen molar-refractivity contribution < 1.29 is 10.0 Å². The highest BCUT2D eigenvalue weighted by molar-refractivity contribution is 5.79. The van der Waals surface area contributed by atoms with Gasteiger partial charge in [0, 0.05) is 0 Å². The molecule has 72 valence electrons. The fourth-order valence-corrected chi connectivity index (χ4v) is 1.33. The monoisotopic (exact) mass is 181 g/mol. The van der Waals surface area contributed by atoms with Crippen LogP contribution in [0.5, 0.6) is 0 Å². The normalized spacial score (nSPS) is 27.9. The van der Waals surface area contributed by atoms with E-state index in [0.29, 0.717) is 6.42 Å². The molecule has 0 saturated carbocycles. The minimum atomic E-state index is -0.331. The second-order valence-electron chi connectivity index (χ2n) is 3.15. The van der Waals surface area contributed by atoms with Crippen molar-refractivity contribution in [2.45, 2.75) is 25.7 Å². The van der Waals surface area contributed by atoms with E-state index < -0.39 is 0 Å². The van der Waals surface area contributed by atoms with Crippen molar-refractivity contribution in [1.29, 1.82) is 0 Å². The molecule has 2 N–H and O–H groups in total. The Balaban J connectivity index is 2.58. The number of amides is 1. The maximum absolute atomic E-state index is 11.1. The molecule has 0 spiro atoms. The summed E-state index contributed by atoms with van der Waals surface area (Å²) in [6.07, 6.45) is 11.8. The summed E-state index contributed by atoms with van der Waals surface area (Å²) >= 11 is 0. The van der Waals surface area contributed by atoms with Crippen LogP contribution >= 0.6 is 0 Å². The lowest BCUT2D eigenvalue weighted by Crippen LogP contribution is -2.26. The third-order valence-corrected chi connectivity index (χ3v) is 2.11. The molecule has 0 radical (unpaired) electrons. The summed E-state index contributed by atoms with van der Waals surface area (Å²) in [5.41, 5.74) is 1.68. The summed E-state index contributed by atoms with van der Waals surface area (Å²) in [7, 11) is 0. The van der Waals surface area contributed by atoms with Crippen molar-refractivity contribution in [1.82, 2.24) is 5.48 Å². The largest absolute Gasteiger partial charge is 0.289 e. The Morgan fingerprint density at radius 3 is 2.85 bits per heavy atom. The van der Waals surface area contributed by atoms with Crippen LogP contribution in [0.25, 0.3) is 0 Å². The third kappa shape index (κ3) is 3.42. The molecular weight excluding hydrogens is 166 g/mol. The average Bonchev–Trinajstić information content (AvgIpc) is 2.29. The number of allylic oxidation sites excluding steroid dienone is 3. The number of rotatable bonds is 1. The molecule has 0 aromatic carbocycles. The molecule has 0 fully saturated rings. The van der Waals surface area contributed by atoms with E-state index in [1.807, 2.05) is 18.2 Å². The van der Waals surface area contributed by atoms with Crippen LogP contribution in [0.3, 0.4) is 0 Å². The molecule has 1 aliphatic rings. The van der Waals surface area contributed by atoms with E-state index in [2.05, 4.69) is 6.08 Å². The van der Waals surface area contributed by atoms with E-state index in [1.54, 1.807) is 5.48 Å². The zero-order valence-electron chi connectivity index (χ0n) is 7.57. The quantitative estimate of drug-likeness (QED) is 0.368. The Morgan fingerprint density at radius 2 is 2.08 bits per heavy atom. The summed E-state index contributed by atoms with van der Waals surface area (Å²) in [6, 6.07) is 0. The van der Waals surface area contributed by atoms with Crippen LogP contribution in [0.4, 0.5) is 0 Å². The first kappa shape index (κ1) is 9.99. The molecule has 3 heteroatoms. The molecule has 13 heavy (non-hydrogen) atoms. The lowest BCUT2D eigenvalue weighted by atomic mass is 10.0. The fourth-order valence-electron chi connectivity index (χ4n) is 1.33. The van der Waals surface area contributed by atoms with Gasteiger partial charge in [-0.15, -0.1) is 0 Å². The minimum Gasteiger partial charge on any atom is -0.289 e. The van der Waals surface area contributed by atoms with Crippen LogP contribution in [-0.2, 0) is 4.79 Å². The van der Waals surface area contributed by atoms with Crippen molar-refractivity contribution in [3.8, 4) is 0 Å². The number of hydroxylamine groups is 1. The predicted octanol–water partition coefficient (Wildman–Crippen LogP) is 1.79. The van der Waals surface area contributed by atoms with Crippen molar-refractivity contribution >= 4 is 5.91 Å². The Morgan fingerprint density at radius 1 is 1.31 bits per heavy atom. The summed E-state index contributed by atoms with van der Waals surface area (Å²) in [5.74, 6) is -0.554. The van der Waals surface area contributed by atoms with Crippen LogP contribution < -0.4 is 5.48 Å². The third-order valence-electron chi connectivity index (χ3n) is 2.11. The first-order chi connectivity index (χ1) is 6.34. The number of carbonyl (C=O) groups is 1. The molecule has 1 unspecified atom stereocenters. The molecule has 0 aliphatic heterocycles. The highest BCUT2D eigenvalue weighted by atomic mass is 16.5. The van der Waals surface area contributed by atoms with E-state index in [9.17, 15) is 4.79 Å². The van der Waals surface area contributed by atoms with Crippen molar-refractivity contribution in [3.63, 3.8) is 0 Å². The first-order valence-corrected chi connectivity index (χ1v) is 4.60. The van der Waals surface area contributed by atoms with Gasteiger partial charge >= 0.3 is 0 Å². The Kier molecular flexibility index (Phi) is 4.26. The van der Waals surface area contributed by atoms with Gasteiger partial charge in [0.2, 0.25) is 0 Å². The molecule has 0 aromatic heterocycles. The van der Waals surface area contributed by atoms with Gasteiger partial charge in [0.25, 0.3) is 5.91 Å². The number of hydrogen-bond donors (Lipinski definition) is 2. The van der Waals surface area contributed by atoms with Crippen LogP contribution in [-0.4, -0.2) is 11.1 Å². The van der Waals surface area contributed by atoms with E-state index in [1.165, 1.54) is 0 Å². The zero-order valence-corrected chi connectivity index (χ0v) is 7.57. The maximum Gasteiger partial charge on any atom is 0.250 e. The maximum atomic E-state index is 11.1. The second kappa shape index (κ2) is 5.54. The zero-order chi connectivity index (χ0) is 9.52. The van der Waals surface area contributed by atoms with Gasteiger partial charge < -0.3 is 0 Å². The molecule has 0 aromatic rings. The number of nitrogens with one attached hydrogen (secondary N) is 1. The molecule has 3 nitrogen and oxygen atoms in total. The Hall–Kier alpha value is -1.09. The van der Waals surface area contributed by atoms with E-state index >= 15 is 0 Å². The first-order valence-electron chi connectivity index (χ1n) is 4.60. The highest BCUT2D eigenvalue weighted by Gasteiger charge is 2.12. The summed E-state index contributed by atoms with van der Waals surface area (Å²) in [6.45, 7) is 0. The van der Waals surface area contributed by atoms with Gasteiger partial charge in [0.1, 0.15) is 0 Å². The average molecular weight is 181 g/mol. The molecule has 0 heterocycles. The molecule has 0 saturated heterocycles. The smallest absolute Gasteiger partial charge is 0.250 e. The van der Waals surface area contributed by atoms with Gasteiger partial charge in [-0.3, -0.25) is 10.0 Å². The summed E-state index contributed by atoms with van der Waals surface area (Å²) in [4.78, 5) is 11.1. The molecule has 1 amide bonds. The number of hydrogen-bond acceptors (Lipinski definition) is 2. The van der Waals surface area contributed by atoms with Crippen LogP contribution in [0, 0.1) is 5.92 Å². The molecule has 1 aliphatic carbocycles. The number of carbonyl (C=O) groups excluding carboxylic acids is 1. The standard InChI is InChI=1S/C10H15NO2/c12-10(11-13)9-7-5-3-1-2-4-6-8-9/h3,5-6,8-9,13H,1-2,4,7H2,(H,11,12)/b5-3+,8-6+. The van der Waals surface area contributed by atoms with Gasteiger partial charge in [0.05, 0.1) is 5.92 Å². The van der Waals surface area contributed by atoms with Crippen LogP contribution in [0.1, 0.15) is 25.7 Å². The molecule has 0 bridgehead atoms. The molecule has 1 rings (SSSR count). The van der Waals surface area contributed by atoms with Gasteiger partial charge in [0.15, 0.2) is 0 Å². The van der Waals surface area contributed by atoms with Gasteiger partial charge in [-0.1, -0.05) is 24.3 Å². The Labute approximate surface area is 78.1 Å². The second-order valence-corrected chi connectivity index (χ2v) is 3.15. The topological polar surface area (TPSA) is 49.3 Å². The minimum absolute atomic E-state index is 0.223. The fraction of sp³-hybridized carbons (Fsp3) is 0.500. The molecule has 1 atom stereocenters. The van der Waals surface area contributed by atoms with E-state index in [0.717, 1.165) is 19.3 Å². The lowest BCUT2D eigenvalue weighted by Gasteiger charge is -2.06. The van der Waals surface area contributed by atoms with Crippen LogP contribution in [0.2, 0.25) is 0 Å². The summed E-state index contributed by atoms with van der Waals surface area (Å²) in [5, 5.41) is 8.46. The predicted molar refractivity (Wildman–Crippen MR) is 50.2 cm³/mol. The Bertz CT molecular complexity index is 221. The van der Waals surface area contributed by atoms with Gasteiger partial charge in [-0.05, 0) is 25.7 Å².